The Balaban J connectivity index is 1.78. The van der Waals surface area contributed by atoms with E-state index in [1.165, 1.54) is 4.90 Å². The number of rotatable bonds is 13. The number of hydrogen-bond acceptors (Lipinski definition) is 11. The van der Waals surface area contributed by atoms with Crippen molar-refractivity contribution in [2.45, 2.75) is 19.0 Å². The number of aliphatic carboxylic acids is 1. The fraction of sp³-hybridized carbons (Fsp3) is 0.360. The van der Waals surface area contributed by atoms with Crippen LogP contribution in [0.5, 0.6) is 5.75 Å². The molecule has 0 saturated carbocycles. The summed E-state index contributed by atoms with van der Waals surface area (Å²) < 4.78 is 10.3. The molecule has 13 heteroatoms. The molecule has 0 spiro atoms. The first-order valence-electron chi connectivity index (χ1n) is 11.8. The molecule has 2 aromatic heterocycles. The van der Waals surface area contributed by atoms with E-state index in [1.807, 2.05) is 25.2 Å². The first-order valence-corrected chi connectivity index (χ1v) is 11.8. The average Bonchev–Trinajstić information content (AvgIpc) is 2.90. The molecule has 0 unspecified atom stereocenters. The van der Waals surface area contributed by atoms with Gasteiger partial charge in [0.2, 0.25) is 17.8 Å². The van der Waals surface area contributed by atoms with E-state index in [0.717, 1.165) is 11.3 Å². The summed E-state index contributed by atoms with van der Waals surface area (Å²) >= 11 is 0. The number of amides is 1. The van der Waals surface area contributed by atoms with Gasteiger partial charge in [0.1, 0.15) is 11.8 Å². The molecule has 0 fully saturated rings. The number of carbonyl (C=O) groups is 2. The van der Waals surface area contributed by atoms with Crippen LogP contribution in [0.4, 0.5) is 22.6 Å². The molecule has 1 amide bonds. The van der Waals surface area contributed by atoms with Crippen molar-refractivity contribution in [3.8, 4) is 5.75 Å². The van der Waals surface area contributed by atoms with Crippen molar-refractivity contribution in [3.05, 3.63) is 59.9 Å². The fourth-order valence-corrected chi connectivity index (χ4v) is 3.23. The maximum atomic E-state index is 12.1. The van der Waals surface area contributed by atoms with Crippen molar-refractivity contribution in [1.82, 2.24) is 24.8 Å². The van der Waals surface area contributed by atoms with Crippen molar-refractivity contribution in [2.24, 2.45) is 0 Å². The smallest absolute Gasteiger partial charge is 0.414 e. The van der Waals surface area contributed by atoms with Gasteiger partial charge in [-0.2, -0.15) is 15.0 Å². The van der Waals surface area contributed by atoms with Crippen molar-refractivity contribution in [2.75, 3.05) is 56.9 Å². The van der Waals surface area contributed by atoms with Crippen LogP contribution in [0.2, 0.25) is 0 Å². The number of nitrogens with zero attached hydrogens (tertiary/aromatic N) is 6. The number of methoxy groups -OCH3 is 1. The Labute approximate surface area is 220 Å². The standard InChI is InChI=1S/C25H32N8O5/c1-32(2)25(36)38-19-10-8-17(9-11-19)15-20(21(34)35)28-23-29-22(27-13-14-37-4)30-24(31-23)33(3)16-18-7-5-6-12-26-18/h5-12,20H,13-16H2,1-4H3,(H,34,35)(H2,27,28,29,30,31)/t20-/m0/s1. The van der Waals surface area contributed by atoms with Gasteiger partial charge in [-0.05, 0) is 29.8 Å². The monoisotopic (exact) mass is 524 g/mol. The number of carbonyl (C=O) groups excluding carboxylic acids is 1. The highest BCUT2D eigenvalue weighted by atomic mass is 16.6. The molecule has 13 nitrogen and oxygen atoms in total. The van der Waals surface area contributed by atoms with Crippen molar-refractivity contribution < 1.29 is 24.2 Å². The predicted octanol–water partition coefficient (Wildman–Crippen LogP) is 2.13. The Bertz CT molecular complexity index is 1190. The zero-order valence-electron chi connectivity index (χ0n) is 21.8. The van der Waals surface area contributed by atoms with Crippen molar-refractivity contribution >= 4 is 29.9 Å². The fourth-order valence-electron chi connectivity index (χ4n) is 3.23. The Hall–Kier alpha value is -4.52. The quantitative estimate of drug-likeness (QED) is 0.281. The first-order chi connectivity index (χ1) is 18.2. The first kappa shape index (κ1) is 28.1. The van der Waals surface area contributed by atoms with Crippen LogP contribution in [0.15, 0.2) is 48.7 Å². The molecule has 1 atom stereocenters. The lowest BCUT2D eigenvalue weighted by atomic mass is 10.1. The number of carboxylic acids is 1. The number of aromatic nitrogens is 4. The number of benzene rings is 1. The Morgan fingerprint density at radius 2 is 1.76 bits per heavy atom. The number of anilines is 3. The maximum absolute atomic E-state index is 12.1. The minimum Gasteiger partial charge on any atom is -0.480 e. The van der Waals surface area contributed by atoms with E-state index in [2.05, 4.69) is 30.6 Å². The zero-order chi connectivity index (χ0) is 27.5. The molecule has 202 valence electrons. The second kappa shape index (κ2) is 13.7. The van der Waals surface area contributed by atoms with Gasteiger partial charge in [0.15, 0.2) is 0 Å². The van der Waals surface area contributed by atoms with E-state index in [0.29, 0.717) is 31.4 Å². The number of pyridine rings is 1. The average molecular weight is 525 g/mol. The van der Waals surface area contributed by atoms with Crippen LogP contribution in [-0.2, 0) is 22.5 Å². The highest BCUT2D eigenvalue weighted by molar-refractivity contribution is 5.77. The van der Waals surface area contributed by atoms with Gasteiger partial charge in [0.25, 0.3) is 0 Å². The van der Waals surface area contributed by atoms with Crippen LogP contribution in [0.25, 0.3) is 0 Å². The van der Waals surface area contributed by atoms with Crippen LogP contribution in [0.1, 0.15) is 11.3 Å². The third-order valence-corrected chi connectivity index (χ3v) is 5.21. The van der Waals surface area contributed by atoms with Crippen LogP contribution in [0.3, 0.4) is 0 Å². The topological polar surface area (TPSA) is 155 Å². The molecular formula is C25H32N8O5. The lowest BCUT2D eigenvalue weighted by Crippen LogP contribution is -2.33. The molecule has 0 aliphatic carbocycles. The molecule has 3 N–H and O–H groups in total. The second-order valence-electron chi connectivity index (χ2n) is 8.52. The van der Waals surface area contributed by atoms with Crippen LogP contribution in [-0.4, -0.2) is 89.5 Å². The van der Waals surface area contributed by atoms with Crippen LogP contribution < -0.4 is 20.3 Å². The molecule has 38 heavy (non-hydrogen) atoms. The Morgan fingerprint density at radius 1 is 1.03 bits per heavy atom. The van der Waals surface area contributed by atoms with Gasteiger partial charge in [-0.25, -0.2) is 9.59 Å². The lowest BCUT2D eigenvalue weighted by molar-refractivity contribution is -0.137. The summed E-state index contributed by atoms with van der Waals surface area (Å²) in [5, 5.41) is 15.9. The van der Waals surface area contributed by atoms with Crippen LogP contribution in [0, 0.1) is 0 Å². The van der Waals surface area contributed by atoms with Crippen LogP contribution >= 0.6 is 0 Å². The molecule has 0 aliphatic rings. The van der Waals surface area contributed by atoms with E-state index >= 15 is 0 Å². The molecule has 0 bridgehead atoms. The SMILES string of the molecule is COCCNc1nc(N[C@@H](Cc2ccc(OC(=O)N(C)C)cc2)C(=O)O)nc(N(C)Cc2ccccn2)n1. The minimum absolute atomic E-state index is 0.103. The summed E-state index contributed by atoms with van der Waals surface area (Å²) in [5.41, 5.74) is 1.54. The normalized spacial score (nSPS) is 11.4. The van der Waals surface area contributed by atoms with E-state index in [9.17, 15) is 14.7 Å². The maximum Gasteiger partial charge on any atom is 0.414 e. The largest absolute Gasteiger partial charge is 0.480 e. The van der Waals surface area contributed by atoms with Crippen molar-refractivity contribution in [3.63, 3.8) is 0 Å². The van der Waals surface area contributed by atoms with Gasteiger partial charge >= 0.3 is 12.1 Å². The van der Waals surface area contributed by atoms with E-state index < -0.39 is 18.1 Å². The van der Waals surface area contributed by atoms with Gasteiger partial charge in [-0.1, -0.05) is 18.2 Å². The van der Waals surface area contributed by atoms with E-state index in [-0.39, 0.29) is 18.3 Å². The highest BCUT2D eigenvalue weighted by Gasteiger charge is 2.21. The van der Waals surface area contributed by atoms with Gasteiger partial charge in [0.05, 0.1) is 18.8 Å². The Kier molecular flexibility index (Phi) is 10.1. The number of ether oxygens (including phenoxy) is 2. The summed E-state index contributed by atoms with van der Waals surface area (Å²) in [7, 11) is 6.57. The number of nitrogens with one attached hydrogen (secondary N) is 2. The molecule has 0 saturated heterocycles. The lowest BCUT2D eigenvalue weighted by Gasteiger charge is -2.20. The van der Waals surface area contributed by atoms with E-state index in [4.69, 9.17) is 9.47 Å². The van der Waals surface area contributed by atoms with Crippen molar-refractivity contribution in [1.29, 1.82) is 0 Å². The second-order valence-corrected chi connectivity index (χ2v) is 8.52. The summed E-state index contributed by atoms with van der Waals surface area (Å²) in [6, 6.07) is 11.2. The zero-order valence-corrected chi connectivity index (χ0v) is 21.8. The van der Waals surface area contributed by atoms with Gasteiger partial charge in [-0.3, -0.25) is 4.98 Å². The molecular weight excluding hydrogens is 492 g/mol. The summed E-state index contributed by atoms with van der Waals surface area (Å²) in [6.07, 6.45) is 1.34. The molecule has 1 aromatic carbocycles. The molecule has 0 aliphatic heterocycles. The van der Waals surface area contributed by atoms with Gasteiger partial charge in [-0.15, -0.1) is 0 Å². The number of hydrogen-bond donors (Lipinski definition) is 3. The van der Waals surface area contributed by atoms with E-state index in [1.54, 1.807) is 56.6 Å². The third-order valence-electron chi connectivity index (χ3n) is 5.21. The Morgan fingerprint density at radius 3 is 2.39 bits per heavy atom. The van der Waals surface area contributed by atoms with Gasteiger partial charge in [0, 0.05) is 47.4 Å². The molecule has 3 aromatic rings. The summed E-state index contributed by atoms with van der Waals surface area (Å²) in [4.78, 5) is 44.5. The van der Waals surface area contributed by atoms with Gasteiger partial charge < -0.3 is 35.0 Å². The summed E-state index contributed by atoms with van der Waals surface area (Å²) in [6.45, 7) is 1.33. The molecule has 0 radical (unpaired) electrons. The number of carboxylic acid groups (broad SMARTS) is 1. The summed E-state index contributed by atoms with van der Waals surface area (Å²) in [5.74, 6) is -0.00229. The predicted molar refractivity (Wildman–Crippen MR) is 141 cm³/mol. The highest BCUT2D eigenvalue weighted by Crippen LogP contribution is 2.18. The minimum atomic E-state index is -1.08. The molecule has 3 rings (SSSR count). The molecule has 2 heterocycles. The third kappa shape index (κ3) is 8.55.